The van der Waals surface area contributed by atoms with E-state index in [0.29, 0.717) is 11.1 Å². The summed E-state index contributed by atoms with van der Waals surface area (Å²) in [5.74, 6) is -4.14. The van der Waals surface area contributed by atoms with Crippen molar-refractivity contribution in [3.63, 3.8) is 0 Å². The zero-order valence-electron chi connectivity index (χ0n) is 18.8. The first-order chi connectivity index (χ1) is 17.7. The number of nitrogens with zero attached hydrogens (tertiary/aromatic N) is 5. The van der Waals surface area contributed by atoms with Gasteiger partial charge in [-0.1, -0.05) is 5.16 Å². The van der Waals surface area contributed by atoms with Gasteiger partial charge in [-0.2, -0.15) is 9.36 Å². The molecule has 2 atom stereocenters. The number of oxime groups is 1. The molecule has 17 heteroatoms. The van der Waals surface area contributed by atoms with Crippen molar-refractivity contribution >= 4 is 57.9 Å². The van der Waals surface area contributed by atoms with Gasteiger partial charge in [0.05, 0.1) is 6.61 Å². The highest BCUT2D eigenvalue weighted by Gasteiger charge is 2.54. The molecular weight excluding hydrogens is 530 g/mol. The van der Waals surface area contributed by atoms with Crippen molar-refractivity contribution in [2.75, 3.05) is 18.1 Å². The maximum absolute atomic E-state index is 13.0. The molecule has 4 rings (SSSR count). The van der Waals surface area contributed by atoms with Gasteiger partial charge in [0.15, 0.2) is 24.1 Å². The Balaban J connectivity index is 1.53. The van der Waals surface area contributed by atoms with Crippen molar-refractivity contribution in [1.29, 1.82) is 0 Å². The standard InChI is InChI=1S/C20H19N7O8S2/c21-20-23-15(25-37-20)12(24-35-7-11(29)30)16(31)22-13-17(32)27-14(19(33)34)10(8-36-18(13)27)5-26-3-1-2-9(4-26)6-28/h1-4,13,18,28H,5-8H2,(H4-,21,22,23,25,29,30,31,33,34)/p+1/b24-12-/t13?,18-/m1/s1. The van der Waals surface area contributed by atoms with Crippen LogP contribution < -0.4 is 15.6 Å². The number of anilines is 1. The molecule has 2 aliphatic rings. The molecule has 0 saturated carbocycles. The number of aliphatic carboxylic acids is 2. The predicted molar refractivity (Wildman–Crippen MR) is 127 cm³/mol. The van der Waals surface area contributed by atoms with Crippen LogP contribution in [0.25, 0.3) is 0 Å². The fourth-order valence-electron chi connectivity index (χ4n) is 3.67. The number of nitrogen functional groups attached to an aromatic ring is 1. The lowest BCUT2D eigenvalue weighted by Crippen LogP contribution is -2.71. The van der Waals surface area contributed by atoms with E-state index in [1.807, 2.05) is 0 Å². The van der Waals surface area contributed by atoms with Crippen LogP contribution in [-0.2, 0) is 37.2 Å². The van der Waals surface area contributed by atoms with Gasteiger partial charge in [0.2, 0.25) is 18.1 Å². The zero-order chi connectivity index (χ0) is 26.7. The number of β-lactam (4-membered cyclic amide) rings is 1. The van der Waals surface area contributed by atoms with E-state index in [0.717, 1.165) is 16.4 Å². The molecule has 2 aliphatic heterocycles. The zero-order valence-corrected chi connectivity index (χ0v) is 20.4. The van der Waals surface area contributed by atoms with Crippen molar-refractivity contribution in [1.82, 2.24) is 19.6 Å². The Kier molecular flexibility index (Phi) is 7.65. The molecule has 1 unspecified atom stereocenters. The van der Waals surface area contributed by atoms with E-state index >= 15 is 0 Å². The Morgan fingerprint density at radius 1 is 1.35 bits per heavy atom. The Labute approximate surface area is 216 Å². The quantitative estimate of drug-likeness (QED) is 0.0951. The summed E-state index contributed by atoms with van der Waals surface area (Å²) in [5.41, 5.74) is 6.02. The lowest BCUT2D eigenvalue weighted by Gasteiger charge is -2.49. The number of carboxylic acids is 2. The molecule has 2 aromatic heterocycles. The minimum atomic E-state index is -1.33. The summed E-state index contributed by atoms with van der Waals surface area (Å²) in [6.07, 6.45) is 3.40. The molecule has 4 heterocycles. The van der Waals surface area contributed by atoms with Crippen LogP contribution in [0.3, 0.4) is 0 Å². The Bertz CT molecular complexity index is 1330. The normalized spacial score (nSPS) is 19.2. The van der Waals surface area contributed by atoms with Crippen molar-refractivity contribution < 1.29 is 43.9 Å². The number of aromatic nitrogens is 3. The molecule has 194 valence electrons. The predicted octanol–water partition coefficient (Wildman–Crippen LogP) is -1.86. The van der Waals surface area contributed by atoms with E-state index in [2.05, 4.69) is 24.7 Å². The number of thioether (sulfide) groups is 1. The molecule has 2 amide bonds. The summed E-state index contributed by atoms with van der Waals surface area (Å²) in [4.78, 5) is 58.3. The van der Waals surface area contributed by atoms with Gasteiger partial charge in [0, 0.05) is 34.5 Å². The minimum absolute atomic E-state index is 0.0219. The van der Waals surface area contributed by atoms with Crippen molar-refractivity contribution in [2.24, 2.45) is 5.16 Å². The number of hydrogen-bond acceptors (Lipinski definition) is 12. The number of hydrogen-bond donors (Lipinski definition) is 5. The first-order valence-corrected chi connectivity index (χ1v) is 12.3. The highest BCUT2D eigenvalue weighted by molar-refractivity contribution is 8.00. The van der Waals surface area contributed by atoms with Gasteiger partial charge in [-0.15, -0.1) is 11.8 Å². The van der Waals surface area contributed by atoms with E-state index in [1.54, 1.807) is 29.1 Å². The highest BCUT2D eigenvalue weighted by atomic mass is 32.2. The average Bonchev–Trinajstić information content (AvgIpc) is 3.30. The van der Waals surface area contributed by atoms with E-state index in [1.165, 1.54) is 11.8 Å². The number of carboxylic acid groups (broad SMARTS) is 2. The van der Waals surface area contributed by atoms with Gasteiger partial charge in [-0.3, -0.25) is 14.5 Å². The summed E-state index contributed by atoms with van der Waals surface area (Å²) >= 11 is 2.04. The van der Waals surface area contributed by atoms with E-state index < -0.39 is 47.5 Å². The second-order valence-electron chi connectivity index (χ2n) is 7.72. The van der Waals surface area contributed by atoms with Crippen LogP contribution in [-0.4, -0.2) is 82.8 Å². The summed E-state index contributed by atoms with van der Waals surface area (Å²) in [7, 11) is 0. The van der Waals surface area contributed by atoms with Crippen molar-refractivity contribution in [2.45, 2.75) is 24.6 Å². The largest absolute Gasteiger partial charge is 0.479 e. The monoisotopic (exact) mass is 550 g/mol. The maximum atomic E-state index is 13.0. The molecule has 15 nitrogen and oxygen atoms in total. The van der Waals surface area contributed by atoms with Crippen LogP contribution in [0.2, 0.25) is 0 Å². The summed E-state index contributed by atoms with van der Waals surface area (Å²) < 4.78 is 5.58. The molecule has 0 radical (unpaired) electrons. The van der Waals surface area contributed by atoms with Crippen LogP contribution in [0.5, 0.6) is 0 Å². The second-order valence-corrected chi connectivity index (χ2v) is 9.61. The number of aliphatic hydroxyl groups excluding tert-OH is 1. The maximum Gasteiger partial charge on any atom is 0.352 e. The summed E-state index contributed by atoms with van der Waals surface area (Å²) in [6, 6.07) is 2.36. The number of aliphatic hydroxyl groups is 1. The van der Waals surface area contributed by atoms with Crippen LogP contribution >= 0.6 is 23.3 Å². The lowest BCUT2D eigenvalue weighted by atomic mass is 10.0. The van der Waals surface area contributed by atoms with E-state index in [9.17, 15) is 29.4 Å². The number of nitrogens with two attached hydrogens (primary N) is 1. The molecule has 0 aliphatic carbocycles. The van der Waals surface area contributed by atoms with Crippen LogP contribution in [0, 0.1) is 0 Å². The molecule has 0 spiro atoms. The molecule has 1 fully saturated rings. The third-order valence-electron chi connectivity index (χ3n) is 5.22. The number of fused-ring (bicyclic) bond motifs is 1. The average molecular weight is 551 g/mol. The molecule has 0 aromatic carbocycles. The van der Waals surface area contributed by atoms with Gasteiger partial charge >= 0.3 is 11.9 Å². The SMILES string of the molecule is Nc1nc(/C(=N/OCC(=O)O)C(=O)NC2C(=O)N3C(C(=O)O)=C(C[n+]4cccc(CO)c4)CS[C@H]23)ns1. The fourth-order valence-corrected chi connectivity index (χ4v) is 5.44. The molecule has 37 heavy (non-hydrogen) atoms. The third-order valence-corrected chi connectivity index (χ3v) is 7.11. The molecular formula is C20H20N7O8S2+. The third kappa shape index (κ3) is 5.52. The van der Waals surface area contributed by atoms with Crippen LogP contribution in [0.4, 0.5) is 5.13 Å². The Morgan fingerprint density at radius 3 is 2.78 bits per heavy atom. The van der Waals surface area contributed by atoms with E-state index in [4.69, 9.17) is 10.8 Å². The first-order valence-electron chi connectivity index (χ1n) is 10.5. The number of rotatable bonds is 10. The Morgan fingerprint density at radius 2 is 2.14 bits per heavy atom. The van der Waals surface area contributed by atoms with Gasteiger partial charge in [0.25, 0.3) is 11.8 Å². The highest BCUT2D eigenvalue weighted by Crippen LogP contribution is 2.40. The lowest BCUT2D eigenvalue weighted by molar-refractivity contribution is -0.689. The van der Waals surface area contributed by atoms with Crippen molar-refractivity contribution in [3.8, 4) is 0 Å². The van der Waals surface area contributed by atoms with Crippen molar-refractivity contribution in [3.05, 3.63) is 47.2 Å². The topological polar surface area (TPSA) is 222 Å². The van der Waals surface area contributed by atoms with Gasteiger partial charge in [-0.05, 0) is 6.07 Å². The summed E-state index contributed by atoms with van der Waals surface area (Å²) in [6.45, 7) is -0.825. The first kappa shape index (κ1) is 26.0. The number of carbonyl (C=O) groups is 4. The van der Waals surface area contributed by atoms with Gasteiger partial charge < -0.3 is 31.2 Å². The minimum Gasteiger partial charge on any atom is -0.479 e. The van der Waals surface area contributed by atoms with Crippen LogP contribution in [0.1, 0.15) is 11.4 Å². The molecule has 1 saturated heterocycles. The smallest absolute Gasteiger partial charge is 0.352 e. The molecule has 0 bridgehead atoms. The molecule has 2 aromatic rings. The second kappa shape index (κ2) is 10.9. The number of amides is 2. The number of nitrogens with one attached hydrogen (secondary N) is 1. The number of carbonyl (C=O) groups excluding carboxylic acids is 2. The number of pyridine rings is 1. The van der Waals surface area contributed by atoms with Crippen LogP contribution in [0.15, 0.2) is 41.0 Å². The van der Waals surface area contributed by atoms with E-state index in [-0.39, 0.29) is 35.6 Å². The molecule has 6 N–H and O–H groups in total. The van der Waals surface area contributed by atoms with Gasteiger partial charge in [0.1, 0.15) is 17.1 Å². The van der Waals surface area contributed by atoms with Gasteiger partial charge in [-0.25, -0.2) is 14.2 Å². The Hall–Kier alpha value is -4.09. The summed E-state index contributed by atoms with van der Waals surface area (Å²) in [5, 5.41) is 33.3. The fraction of sp³-hybridized carbons (Fsp3) is 0.300.